The highest BCUT2D eigenvalue weighted by Gasteiger charge is 2.09. The van der Waals surface area contributed by atoms with E-state index in [1.165, 1.54) is 13.5 Å². The third-order valence-corrected chi connectivity index (χ3v) is 2.72. The van der Waals surface area contributed by atoms with E-state index in [0.717, 1.165) is 5.56 Å². The topological polar surface area (TPSA) is 84.6 Å². The number of methoxy groups -OCH3 is 1. The Morgan fingerprint density at radius 3 is 2.80 bits per heavy atom. The Morgan fingerprint density at radius 1 is 1.45 bits per heavy atom. The zero-order valence-electron chi connectivity index (χ0n) is 11.1. The van der Waals surface area contributed by atoms with Gasteiger partial charge in [0.05, 0.1) is 18.9 Å². The molecule has 0 fully saturated rings. The first-order chi connectivity index (χ1) is 9.70. The first-order valence-corrected chi connectivity index (χ1v) is 6.15. The summed E-state index contributed by atoms with van der Waals surface area (Å²) >= 11 is 0. The fourth-order valence-corrected chi connectivity index (χ4v) is 1.71. The normalized spacial score (nSPS) is 12.1. The van der Waals surface area contributed by atoms with Crippen molar-refractivity contribution in [2.75, 3.05) is 20.3 Å². The molecule has 2 N–H and O–H groups in total. The second-order valence-electron chi connectivity index (χ2n) is 4.26. The Labute approximate surface area is 116 Å². The average molecular weight is 276 g/mol. The fourth-order valence-electron chi connectivity index (χ4n) is 1.71. The minimum absolute atomic E-state index is 0.149. The molecule has 2 aromatic rings. The summed E-state index contributed by atoms with van der Waals surface area (Å²) in [5, 5.41) is 12.1. The predicted molar refractivity (Wildman–Crippen MR) is 72.2 cm³/mol. The van der Waals surface area contributed by atoms with E-state index in [1.807, 2.05) is 0 Å². The van der Waals surface area contributed by atoms with Gasteiger partial charge in [-0.25, -0.2) is 4.98 Å². The molecule has 106 valence electrons. The number of hydrogen-bond donors (Lipinski definition) is 2. The van der Waals surface area contributed by atoms with Crippen LogP contribution in [0.1, 0.15) is 10.4 Å². The van der Waals surface area contributed by atoms with Crippen LogP contribution in [0.2, 0.25) is 0 Å². The molecular formula is C14H16N2O4. The SMILES string of the molecule is COCC(O)CNC(=O)c1ccc(-c2cnco2)cc1. The highest BCUT2D eigenvalue weighted by atomic mass is 16.5. The van der Waals surface area contributed by atoms with Crippen LogP contribution in [0.5, 0.6) is 0 Å². The Bertz CT molecular complexity index is 537. The first kappa shape index (κ1) is 14.2. The van der Waals surface area contributed by atoms with E-state index >= 15 is 0 Å². The molecule has 0 aliphatic rings. The lowest BCUT2D eigenvalue weighted by Gasteiger charge is -2.10. The van der Waals surface area contributed by atoms with E-state index in [1.54, 1.807) is 30.5 Å². The summed E-state index contributed by atoms with van der Waals surface area (Å²) in [6.07, 6.45) is 2.25. The van der Waals surface area contributed by atoms with Gasteiger partial charge in [0.15, 0.2) is 12.2 Å². The van der Waals surface area contributed by atoms with Crippen LogP contribution in [0, 0.1) is 0 Å². The molecule has 2 rings (SSSR count). The molecule has 1 amide bonds. The quantitative estimate of drug-likeness (QED) is 0.824. The number of benzene rings is 1. The number of amides is 1. The zero-order valence-corrected chi connectivity index (χ0v) is 11.1. The predicted octanol–water partition coefficient (Wildman–Crippen LogP) is 1.08. The lowest BCUT2D eigenvalue weighted by molar-refractivity contribution is 0.0610. The number of ether oxygens (including phenoxy) is 1. The second kappa shape index (κ2) is 6.83. The molecule has 6 nitrogen and oxygen atoms in total. The molecule has 1 aromatic carbocycles. The number of rotatable bonds is 6. The van der Waals surface area contributed by atoms with Crippen molar-refractivity contribution in [3.63, 3.8) is 0 Å². The third kappa shape index (κ3) is 3.66. The molecule has 0 bridgehead atoms. The molecule has 1 unspecified atom stereocenters. The molecule has 1 heterocycles. The van der Waals surface area contributed by atoms with Gasteiger partial charge < -0.3 is 19.6 Å². The second-order valence-corrected chi connectivity index (χ2v) is 4.26. The number of carbonyl (C=O) groups is 1. The third-order valence-electron chi connectivity index (χ3n) is 2.72. The standard InChI is InChI=1S/C14H16N2O4/c1-19-8-12(17)6-16-14(18)11-4-2-10(3-5-11)13-7-15-9-20-13/h2-5,7,9,12,17H,6,8H2,1H3,(H,16,18). The molecule has 0 radical (unpaired) electrons. The summed E-state index contributed by atoms with van der Waals surface area (Å²) in [7, 11) is 1.49. The summed E-state index contributed by atoms with van der Waals surface area (Å²) in [5.41, 5.74) is 1.36. The first-order valence-electron chi connectivity index (χ1n) is 6.15. The monoisotopic (exact) mass is 276 g/mol. The van der Waals surface area contributed by atoms with E-state index in [9.17, 15) is 9.90 Å². The number of oxazole rings is 1. The number of hydrogen-bond acceptors (Lipinski definition) is 5. The van der Waals surface area contributed by atoms with E-state index in [-0.39, 0.29) is 19.1 Å². The Morgan fingerprint density at radius 2 is 2.20 bits per heavy atom. The highest BCUT2D eigenvalue weighted by molar-refractivity contribution is 5.94. The lowest BCUT2D eigenvalue weighted by Crippen LogP contribution is -2.34. The van der Waals surface area contributed by atoms with Crippen LogP contribution in [-0.2, 0) is 4.74 Å². The van der Waals surface area contributed by atoms with Crippen molar-refractivity contribution in [2.45, 2.75) is 6.10 Å². The number of nitrogens with one attached hydrogen (secondary N) is 1. The summed E-state index contributed by atoms with van der Waals surface area (Å²) in [4.78, 5) is 15.7. The maximum absolute atomic E-state index is 11.9. The van der Waals surface area contributed by atoms with Crippen molar-refractivity contribution in [3.8, 4) is 11.3 Å². The van der Waals surface area contributed by atoms with Crippen molar-refractivity contribution in [1.82, 2.24) is 10.3 Å². The van der Waals surface area contributed by atoms with Crippen LogP contribution < -0.4 is 5.32 Å². The molecule has 20 heavy (non-hydrogen) atoms. The minimum Gasteiger partial charge on any atom is -0.444 e. The summed E-state index contributed by atoms with van der Waals surface area (Å²) in [5.74, 6) is 0.400. The molecular weight excluding hydrogens is 260 g/mol. The number of aliphatic hydroxyl groups is 1. The smallest absolute Gasteiger partial charge is 0.251 e. The van der Waals surface area contributed by atoms with Gasteiger partial charge in [-0.2, -0.15) is 0 Å². The molecule has 0 saturated carbocycles. The summed E-state index contributed by atoms with van der Waals surface area (Å²) in [6, 6.07) is 6.94. The van der Waals surface area contributed by atoms with Crippen molar-refractivity contribution < 1.29 is 19.1 Å². The van der Waals surface area contributed by atoms with E-state index in [2.05, 4.69) is 10.3 Å². The van der Waals surface area contributed by atoms with Crippen molar-refractivity contribution in [3.05, 3.63) is 42.4 Å². The van der Waals surface area contributed by atoms with Crippen molar-refractivity contribution in [2.24, 2.45) is 0 Å². The summed E-state index contributed by atoms with van der Waals surface area (Å²) < 4.78 is 9.95. The number of aliphatic hydroxyl groups excluding tert-OH is 1. The Balaban J connectivity index is 1.94. The molecule has 0 aliphatic carbocycles. The van der Waals surface area contributed by atoms with Gasteiger partial charge in [0.25, 0.3) is 5.91 Å². The van der Waals surface area contributed by atoms with Gasteiger partial charge >= 0.3 is 0 Å². The van der Waals surface area contributed by atoms with Crippen LogP contribution in [-0.4, -0.2) is 42.4 Å². The maximum Gasteiger partial charge on any atom is 0.251 e. The number of nitrogens with zero attached hydrogens (tertiary/aromatic N) is 1. The fraction of sp³-hybridized carbons (Fsp3) is 0.286. The molecule has 0 spiro atoms. The largest absolute Gasteiger partial charge is 0.444 e. The highest BCUT2D eigenvalue weighted by Crippen LogP contribution is 2.18. The van der Waals surface area contributed by atoms with E-state index < -0.39 is 6.10 Å². The van der Waals surface area contributed by atoms with Crippen LogP contribution in [0.3, 0.4) is 0 Å². The maximum atomic E-state index is 11.9. The van der Waals surface area contributed by atoms with E-state index in [0.29, 0.717) is 11.3 Å². The van der Waals surface area contributed by atoms with Gasteiger partial charge in [-0.3, -0.25) is 4.79 Å². The van der Waals surface area contributed by atoms with Crippen LogP contribution in [0.4, 0.5) is 0 Å². The molecule has 0 saturated heterocycles. The van der Waals surface area contributed by atoms with Crippen molar-refractivity contribution in [1.29, 1.82) is 0 Å². The van der Waals surface area contributed by atoms with Gasteiger partial charge in [0, 0.05) is 24.8 Å². The van der Waals surface area contributed by atoms with Gasteiger partial charge in [0.2, 0.25) is 0 Å². The average Bonchev–Trinajstić information content (AvgIpc) is 2.99. The van der Waals surface area contributed by atoms with Crippen molar-refractivity contribution >= 4 is 5.91 Å². The lowest BCUT2D eigenvalue weighted by atomic mass is 10.1. The number of aromatic nitrogens is 1. The van der Waals surface area contributed by atoms with Crippen LogP contribution >= 0.6 is 0 Å². The van der Waals surface area contributed by atoms with Gasteiger partial charge in [-0.1, -0.05) is 12.1 Å². The van der Waals surface area contributed by atoms with Gasteiger partial charge in [-0.05, 0) is 12.1 Å². The van der Waals surface area contributed by atoms with Gasteiger partial charge in [-0.15, -0.1) is 0 Å². The molecule has 1 aromatic heterocycles. The Hall–Kier alpha value is -2.18. The molecule has 6 heteroatoms. The number of carbonyl (C=O) groups excluding carboxylic acids is 1. The molecule has 0 aliphatic heterocycles. The minimum atomic E-state index is -0.711. The van der Waals surface area contributed by atoms with Crippen LogP contribution in [0.15, 0.2) is 41.3 Å². The van der Waals surface area contributed by atoms with Crippen LogP contribution in [0.25, 0.3) is 11.3 Å². The molecule has 1 atom stereocenters. The van der Waals surface area contributed by atoms with Gasteiger partial charge in [0.1, 0.15) is 0 Å². The Kier molecular flexibility index (Phi) is 4.86. The zero-order chi connectivity index (χ0) is 14.4. The van der Waals surface area contributed by atoms with E-state index in [4.69, 9.17) is 9.15 Å². The summed E-state index contributed by atoms with van der Waals surface area (Å²) in [6.45, 7) is 0.335.